The molecule has 8 rings (SSSR count). The van der Waals surface area contributed by atoms with E-state index in [-0.39, 0.29) is 46.3 Å². The lowest BCUT2D eigenvalue weighted by Gasteiger charge is -2.45. The average molecular weight is 678 g/mol. The van der Waals surface area contributed by atoms with Gasteiger partial charge in [0.25, 0.3) is 0 Å². The van der Waals surface area contributed by atoms with Crippen molar-refractivity contribution >= 4 is 33.7 Å². The summed E-state index contributed by atoms with van der Waals surface area (Å²) in [6.07, 6.45) is 1.75. The highest BCUT2D eigenvalue weighted by Crippen LogP contribution is 2.60. The van der Waals surface area contributed by atoms with Crippen LogP contribution in [0.3, 0.4) is 0 Å². The maximum Gasteiger partial charge on any atom is 0.339 e. The standard InChI is InChI=1S/C39H35NO8S/c1-24-14-20-27(21-15-24)49(45,46)48-26-18-16-25(17-19-26)32(41)23-47-33(42)13-3-2-8-22-40-38(43)36-34-28-9-4-5-10-29(28)35(37(36)39(40)44)31-12-7-6-11-30(31)34/h4-7,9-12,14-21,34-37H,2-3,8,13,22-23H2,1H3. The fourth-order valence-corrected chi connectivity index (χ4v) is 8.48. The predicted molar refractivity (Wildman–Crippen MR) is 179 cm³/mol. The van der Waals surface area contributed by atoms with Gasteiger partial charge in [-0.05, 0) is 78.4 Å². The molecule has 1 fully saturated rings. The van der Waals surface area contributed by atoms with Crippen molar-refractivity contribution in [1.82, 2.24) is 4.90 Å². The van der Waals surface area contributed by atoms with E-state index in [1.807, 2.05) is 31.2 Å². The Hall–Kier alpha value is -5.09. The smallest absolute Gasteiger partial charge is 0.339 e. The van der Waals surface area contributed by atoms with Crippen molar-refractivity contribution in [3.05, 3.63) is 130 Å². The van der Waals surface area contributed by atoms with Gasteiger partial charge in [-0.1, -0.05) is 72.6 Å². The minimum atomic E-state index is -4.03. The second-order valence-corrected chi connectivity index (χ2v) is 14.4. The zero-order valence-electron chi connectivity index (χ0n) is 26.9. The van der Waals surface area contributed by atoms with Crippen molar-refractivity contribution in [1.29, 1.82) is 0 Å². The number of imide groups is 1. The molecule has 0 saturated carbocycles. The number of amides is 2. The maximum atomic E-state index is 13.7. The number of ketones is 1. The minimum Gasteiger partial charge on any atom is -0.457 e. The van der Waals surface area contributed by atoms with E-state index in [1.165, 1.54) is 41.3 Å². The van der Waals surface area contributed by atoms with Crippen molar-refractivity contribution in [2.45, 2.75) is 49.3 Å². The molecule has 0 aromatic heterocycles. The first-order valence-electron chi connectivity index (χ1n) is 16.5. The van der Waals surface area contributed by atoms with Crippen molar-refractivity contribution in [3.63, 3.8) is 0 Å². The molecule has 9 nitrogen and oxygen atoms in total. The molecule has 3 aliphatic carbocycles. The van der Waals surface area contributed by atoms with Crippen LogP contribution >= 0.6 is 0 Å². The van der Waals surface area contributed by atoms with Crippen molar-refractivity contribution in [3.8, 4) is 5.75 Å². The number of esters is 1. The van der Waals surface area contributed by atoms with E-state index >= 15 is 0 Å². The molecule has 1 saturated heterocycles. The molecule has 4 aromatic carbocycles. The van der Waals surface area contributed by atoms with Crippen LogP contribution in [0.1, 0.15) is 75.7 Å². The number of unbranched alkanes of at least 4 members (excludes halogenated alkanes) is 2. The normalized spacial score (nSPS) is 20.4. The number of carbonyl (C=O) groups is 4. The summed E-state index contributed by atoms with van der Waals surface area (Å²) < 4.78 is 35.4. The molecule has 1 heterocycles. The molecule has 0 N–H and O–H groups in total. The Morgan fingerprint density at radius 1 is 0.694 bits per heavy atom. The zero-order chi connectivity index (χ0) is 34.3. The Morgan fingerprint density at radius 3 is 1.76 bits per heavy atom. The maximum absolute atomic E-state index is 13.7. The van der Waals surface area contributed by atoms with E-state index in [4.69, 9.17) is 8.92 Å². The number of benzene rings is 4. The van der Waals surface area contributed by atoms with Crippen LogP contribution in [-0.4, -0.2) is 50.0 Å². The first kappa shape index (κ1) is 32.5. The van der Waals surface area contributed by atoms with Crippen LogP contribution < -0.4 is 4.18 Å². The molecule has 2 amide bonds. The number of Topliss-reactive ketones (excluding diaryl/α,β-unsaturated/α-hetero) is 1. The van der Waals surface area contributed by atoms with Crippen LogP contribution in [0.5, 0.6) is 5.75 Å². The summed E-state index contributed by atoms with van der Waals surface area (Å²) in [5.41, 5.74) is 5.72. The lowest BCUT2D eigenvalue weighted by atomic mass is 9.55. The van der Waals surface area contributed by atoms with Gasteiger partial charge in [-0.3, -0.25) is 24.1 Å². The lowest BCUT2D eigenvalue weighted by Crippen LogP contribution is -2.41. The first-order valence-corrected chi connectivity index (χ1v) is 17.9. The Balaban J connectivity index is 0.865. The van der Waals surface area contributed by atoms with Crippen LogP contribution in [-0.2, 0) is 29.2 Å². The van der Waals surface area contributed by atoms with Gasteiger partial charge in [-0.25, -0.2) is 0 Å². The topological polar surface area (TPSA) is 124 Å². The third-order valence-electron chi connectivity index (χ3n) is 9.86. The van der Waals surface area contributed by atoms with Gasteiger partial charge in [-0.15, -0.1) is 0 Å². The molecule has 2 bridgehead atoms. The van der Waals surface area contributed by atoms with Crippen molar-refractivity contribution in [2.24, 2.45) is 11.8 Å². The van der Waals surface area contributed by atoms with E-state index < -0.39 is 40.3 Å². The van der Waals surface area contributed by atoms with Crippen LogP contribution in [0.25, 0.3) is 0 Å². The second kappa shape index (κ2) is 13.1. The molecular formula is C39H35NO8S. The summed E-state index contributed by atoms with van der Waals surface area (Å²) in [6.45, 7) is 1.70. The fraction of sp³-hybridized carbons (Fsp3) is 0.282. The molecule has 10 heteroatoms. The summed E-state index contributed by atoms with van der Waals surface area (Å²) in [5.74, 6) is -2.20. The number of aryl methyl sites for hydroxylation is 1. The fourth-order valence-electron chi connectivity index (χ4n) is 7.55. The average Bonchev–Trinajstić information content (AvgIpc) is 3.36. The van der Waals surface area contributed by atoms with Crippen LogP contribution in [0.2, 0.25) is 0 Å². The highest BCUT2D eigenvalue weighted by Gasteiger charge is 2.61. The molecule has 250 valence electrons. The molecule has 2 unspecified atom stereocenters. The molecular weight excluding hydrogens is 642 g/mol. The van der Waals surface area contributed by atoms with E-state index in [2.05, 4.69) is 24.3 Å². The summed E-state index contributed by atoms with van der Waals surface area (Å²) in [4.78, 5) is 53.8. The number of ether oxygens (including phenoxy) is 1. The number of nitrogens with zero attached hydrogens (tertiary/aromatic N) is 1. The highest BCUT2D eigenvalue weighted by atomic mass is 32.2. The van der Waals surface area contributed by atoms with Gasteiger partial charge in [0.2, 0.25) is 11.8 Å². The largest absolute Gasteiger partial charge is 0.457 e. The molecule has 0 radical (unpaired) electrons. The predicted octanol–water partition coefficient (Wildman–Crippen LogP) is 5.94. The van der Waals surface area contributed by atoms with Gasteiger partial charge < -0.3 is 8.92 Å². The molecule has 1 aliphatic heterocycles. The van der Waals surface area contributed by atoms with Gasteiger partial charge in [-0.2, -0.15) is 8.42 Å². The monoisotopic (exact) mass is 677 g/mol. The third kappa shape index (κ3) is 6.05. The quantitative estimate of drug-likeness (QED) is 0.0594. The third-order valence-corrected chi connectivity index (χ3v) is 11.1. The Kier molecular flexibility index (Phi) is 8.66. The van der Waals surface area contributed by atoms with E-state index in [9.17, 15) is 27.6 Å². The Bertz CT molecular complexity index is 1940. The van der Waals surface area contributed by atoms with Crippen LogP contribution in [0, 0.1) is 18.8 Å². The summed E-state index contributed by atoms with van der Waals surface area (Å²) in [6, 6.07) is 28.1. The number of hydrogen-bond donors (Lipinski definition) is 0. The summed E-state index contributed by atoms with van der Waals surface area (Å²) in [7, 11) is -4.03. The van der Waals surface area contributed by atoms with Crippen molar-refractivity contribution < 1.29 is 36.5 Å². The molecule has 4 aromatic rings. The Labute approximate surface area is 285 Å². The summed E-state index contributed by atoms with van der Waals surface area (Å²) in [5, 5.41) is 0. The molecule has 4 aliphatic rings. The lowest BCUT2D eigenvalue weighted by molar-refractivity contribution is -0.143. The first-order chi connectivity index (χ1) is 23.6. The second-order valence-electron chi connectivity index (χ2n) is 12.9. The SMILES string of the molecule is Cc1ccc(S(=O)(=O)Oc2ccc(C(=O)COC(=O)CCCCCN3C(=O)C4C5c6ccccc6C(c6ccccc65)C4C3=O)cc2)cc1. The van der Waals surface area contributed by atoms with Gasteiger partial charge in [0.05, 0.1) is 11.8 Å². The number of likely N-dealkylation sites (tertiary alicyclic amines) is 1. The highest BCUT2D eigenvalue weighted by molar-refractivity contribution is 7.87. The van der Waals surface area contributed by atoms with E-state index in [1.54, 1.807) is 12.1 Å². The number of hydrogen-bond acceptors (Lipinski definition) is 8. The number of rotatable bonds is 12. The Morgan fingerprint density at radius 2 is 1.22 bits per heavy atom. The number of carbonyl (C=O) groups excluding carboxylic acids is 4. The van der Waals surface area contributed by atoms with Crippen LogP contribution in [0.4, 0.5) is 0 Å². The zero-order valence-corrected chi connectivity index (χ0v) is 27.7. The van der Waals surface area contributed by atoms with E-state index in [0.717, 1.165) is 27.8 Å². The minimum absolute atomic E-state index is 0.0188. The molecule has 0 spiro atoms. The van der Waals surface area contributed by atoms with E-state index in [0.29, 0.717) is 25.8 Å². The van der Waals surface area contributed by atoms with Gasteiger partial charge >= 0.3 is 16.1 Å². The van der Waals surface area contributed by atoms with Gasteiger partial charge in [0, 0.05) is 30.4 Å². The summed E-state index contributed by atoms with van der Waals surface area (Å²) >= 11 is 0. The molecule has 2 atom stereocenters. The van der Waals surface area contributed by atoms with Gasteiger partial charge in [0.15, 0.2) is 12.4 Å². The molecule has 49 heavy (non-hydrogen) atoms. The van der Waals surface area contributed by atoms with Crippen molar-refractivity contribution in [2.75, 3.05) is 13.2 Å². The van der Waals surface area contributed by atoms with Gasteiger partial charge in [0.1, 0.15) is 10.6 Å². The van der Waals surface area contributed by atoms with Crippen LogP contribution in [0.15, 0.2) is 102 Å².